The lowest BCUT2D eigenvalue weighted by molar-refractivity contribution is 0.0909. The molecule has 122 valence electrons. The molecule has 1 heterocycles. The summed E-state index contributed by atoms with van der Waals surface area (Å²) in [5.74, 6) is -0.539. The fourth-order valence-corrected chi connectivity index (χ4v) is 2.12. The zero-order valence-corrected chi connectivity index (χ0v) is 13.5. The summed E-state index contributed by atoms with van der Waals surface area (Å²) in [5, 5.41) is 12.6. The van der Waals surface area contributed by atoms with Crippen LogP contribution in [0.2, 0.25) is 5.02 Å². The predicted molar refractivity (Wildman–Crippen MR) is 84.8 cm³/mol. The number of rotatable bonds is 5. The normalized spacial score (nSPS) is 12.3. The Morgan fingerprint density at radius 2 is 2.09 bits per heavy atom. The molecule has 0 aliphatic rings. The molecule has 23 heavy (non-hydrogen) atoms. The minimum absolute atomic E-state index is 0.0334. The second kappa shape index (κ2) is 7.48. The molecule has 1 amide bonds. The van der Waals surface area contributed by atoms with Gasteiger partial charge < -0.3 is 10.4 Å². The van der Waals surface area contributed by atoms with E-state index >= 15 is 0 Å². The first kappa shape index (κ1) is 17.3. The predicted octanol–water partition coefficient (Wildman–Crippen LogP) is 2.86. The van der Waals surface area contributed by atoms with E-state index in [0.29, 0.717) is 5.82 Å². The van der Waals surface area contributed by atoms with E-state index in [9.17, 15) is 14.3 Å². The standard InChI is InChI=1S/C16H17ClFN3O2/c1-9(2)15-19-7-11(17)14(21-15)16(23)20-8-13(22)10-5-3-4-6-12(10)18/h3-7,9,13,22H,8H2,1-2H3,(H,20,23)/t13-/m0/s1. The number of nitrogens with zero attached hydrogens (tertiary/aromatic N) is 2. The number of halogens is 2. The van der Waals surface area contributed by atoms with E-state index in [1.54, 1.807) is 6.07 Å². The summed E-state index contributed by atoms with van der Waals surface area (Å²) in [5.41, 5.74) is 0.149. The molecule has 2 aromatic rings. The van der Waals surface area contributed by atoms with E-state index in [1.165, 1.54) is 24.4 Å². The molecule has 5 nitrogen and oxygen atoms in total. The van der Waals surface area contributed by atoms with Crippen LogP contribution in [-0.4, -0.2) is 27.5 Å². The Hall–Kier alpha value is -2.05. The van der Waals surface area contributed by atoms with E-state index in [0.717, 1.165) is 0 Å². The first-order chi connectivity index (χ1) is 10.9. The van der Waals surface area contributed by atoms with Gasteiger partial charge in [0.2, 0.25) is 0 Å². The molecule has 0 unspecified atom stereocenters. The Morgan fingerprint density at radius 1 is 1.39 bits per heavy atom. The molecule has 0 radical (unpaired) electrons. The molecule has 2 N–H and O–H groups in total. The van der Waals surface area contributed by atoms with Gasteiger partial charge in [0, 0.05) is 18.0 Å². The molecule has 0 saturated heterocycles. The van der Waals surface area contributed by atoms with Crippen LogP contribution in [0, 0.1) is 5.82 Å². The van der Waals surface area contributed by atoms with Gasteiger partial charge in [0.1, 0.15) is 17.3 Å². The first-order valence-corrected chi connectivity index (χ1v) is 7.51. The number of carbonyl (C=O) groups is 1. The lowest BCUT2D eigenvalue weighted by atomic mass is 10.1. The quantitative estimate of drug-likeness (QED) is 0.879. The van der Waals surface area contributed by atoms with Gasteiger partial charge in [-0.25, -0.2) is 14.4 Å². The van der Waals surface area contributed by atoms with Gasteiger partial charge in [0.05, 0.1) is 17.3 Å². The average molecular weight is 338 g/mol. The van der Waals surface area contributed by atoms with Crippen LogP contribution >= 0.6 is 11.6 Å². The number of aromatic nitrogens is 2. The number of aliphatic hydroxyl groups excluding tert-OH is 1. The monoisotopic (exact) mass is 337 g/mol. The summed E-state index contributed by atoms with van der Waals surface area (Å²) in [6.45, 7) is 3.64. The molecular formula is C16H17ClFN3O2. The summed E-state index contributed by atoms with van der Waals surface area (Å²) in [4.78, 5) is 20.4. The maximum atomic E-state index is 13.6. The Morgan fingerprint density at radius 3 is 2.74 bits per heavy atom. The molecule has 0 spiro atoms. The van der Waals surface area contributed by atoms with Crippen LogP contribution in [0.4, 0.5) is 4.39 Å². The Kier molecular flexibility index (Phi) is 5.63. The summed E-state index contributed by atoms with van der Waals surface area (Å²) in [6, 6.07) is 5.84. The molecule has 0 aliphatic carbocycles. The average Bonchev–Trinajstić information content (AvgIpc) is 2.53. The minimum atomic E-state index is -1.16. The molecule has 0 aliphatic heterocycles. The fourth-order valence-electron chi connectivity index (χ4n) is 1.95. The molecule has 0 fully saturated rings. The third-order valence-corrected chi connectivity index (χ3v) is 3.49. The van der Waals surface area contributed by atoms with Gasteiger partial charge in [0.25, 0.3) is 5.91 Å². The van der Waals surface area contributed by atoms with E-state index in [1.807, 2.05) is 13.8 Å². The molecule has 0 saturated carbocycles. The van der Waals surface area contributed by atoms with Crippen molar-refractivity contribution < 1.29 is 14.3 Å². The zero-order valence-electron chi connectivity index (χ0n) is 12.8. The summed E-state index contributed by atoms with van der Waals surface area (Å²) in [6.07, 6.45) is 0.205. The lowest BCUT2D eigenvalue weighted by Crippen LogP contribution is -2.30. The number of hydrogen-bond acceptors (Lipinski definition) is 4. The number of nitrogens with one attached hydrogen (secondary N) is 1. The van der Waals surface area contributed by atoms with Crippen molar-refractivity contribution in [2.45, 2.75) is 25.9 Å². The molecule has 1 aromatic carbocycles. The second-order valence-corrected chi connectivity index (χ2v) is 5.73. The van der Waals surface area contributed by atoms with Crippen molar-refractivity contribution in [1.82, 2.24) is 15.3 Å². The molecule has 0 bridgehead atoms. The highest BCUT2D eigenvalue weighted by Crippen LogP contribution is 2.18. The van der Waals surface area contributed by atoms with Gasteiger partial charge in [-0.15, -0.1) is 0 Å². The van der Waals surface area contributed by atoms with Crippen LogP contribution in [0.5, 0.6) is 0 Å². The van der Waals surface area contributed by atoms with Gasteiger partial charge in [-0.05, 0) is 6.07 Å². The van der Waals surface area contributed by atoms with E-state index < -0.39 is 17.8 Å². The number of amides is 1. The number of benzene rings is 1. The third-order valence-electron chi connectivity index (χ3n) is 3.21. The van der Waals surface area contributed by atoms with E-state index in [-0.39, 0.29) is 28.7 Å². The van der Waals surface area contributed by atoms with Crippen LogP contribution < -0.4 is 5.32 Å². The third kappa shape index (κ3) is 4.24. The smallest absolute Gasteiger partial charge is 0.271 e. The van der Waals surface area contributed by atoms with Gasteiger partial charge in [-0.1, -0.05) is 43.6 Å². The molecule has 7 heteroatoms. The van der Waals surface area contributed by atoms with Crippen molar-refractivity contribution in [3.8, 4) is 0 Å². The Balaban J connectivity index is 2.08. The zero-order chi connectivity index (χ0) is 17.0. The van der Waals surface area contributed by atoms with Crippen molar-refractivity contribution in [2.24, 2.45) is 0 Å². The minimum Gasteiger partial charge on any atom is -0.386 e. The van der Waals surface area contributed by atoms with Crippen LogP contribution in [0.1, 0.15) is 47.7 Å². The number of hydrogen-bond donors (Lipinski definition) is 2. The van der Waals surface area contributed by atoms with E-state index in [4.69, 9.17) is 11.6 Å². The van der Waals surface area contributed by atoms with Gasteiger partial charge in [-0.3, -0.25) is 4.79 Å². The summed E-state index contributed by atoms with van der Waals surface area (Å²) >= 11 is 5.94. The molecule has 2 rings (SSSR count). The lowest BCUT2D eigenvalue weighted by Gasteiger charge is -2.13. The maximum Gasteiger partial charge on any atom is 0.271 e. The van der Waals surface area contributed by atoms with Gasteiger partial charge >= 0.3 is 0 Å². The molecular weight excluding hydrogens is 321 g/mol. The number of aliphatic hydroxyl groups is 1. The van der Waals surface area contributed by atoms with Crippen molar-refractivity contribution in [2.75, 3.05) is 6.54 Å². The molecule has 1 atom stereocenters. The first-order valence-electron chi connectivity index (χ1n) is 7.13. The molecule has 1 aromatic heterocycles. The Labute approximate surface area is 138 Å². The van der Waals surface area contributed by atoms with Crippen molar-refractivity contribution in [3.05, 3.63) is 58.4 Å². The summed E-state index contributed by atoms with van der Waals surface area (Å²) in [7, 11) is 0. The van der Waals surface area contributed by atoms with Crippen molar-refractivity contribution in [3.63, 3.8) is 0 Å². The van der Waals surface area contributed by atoms with Gasteiger partial charge in [0.15, 0.2) is 0 Å². The topological polar surface area (TPSA) is 75.1 Å². The van der Waals surface area contributed by atoms with Gasteiger partial charge in [-0.2, -0.15) is 0 Å². The summed E-state index contributed by atoms with van der Waals surface area (Å²) < 4.78 is 13.6. The highest BCUT2D eigenvalue weighted by Gasteiger charge is 2.18. The highest BCUT2D eigenvalue weighted by atomic mass is 35.5. The second-order valence-electron chi connectivity index (χ2n) is 5.33. The highest BCUT2D eigenvalue weighted by molar-refractivity contribution is 6.33. The van der Waals surface area contributed by atoms with Crippen molar-refractivity contribution >= 4 is 17.5 Å². The van der Waals surface area contributed by atoms with Crippen LogP contribution in [0.15, 0.2) is 30.5 Å². The largest absolute Gasteiger partial charge is 0.386 e. The maximum absolute atomic E-state index is 13.6. The SMILES string of the molecule is CC(C)c1ncc(Cl)c(C(=O)NC[C@H](O)c2ccccc2F)n1. The van der Waals surface area contributed by atoms with E-state index in [2.05, 4.69) is 15.3 Å². The van der Waals surface area contributed by atoms with Crippen LogP contribution in [0.25, 0.3) is 0 Å². The van der Waals surface area contributed by atoms with Crippen molar-refractivity contribution in [1.29, 1.82) is 0 Å². The van der Waals surface area contributed by atoms with Crippen LogP contribution in [0.3, 0.4) is 0 Å². The Bertz CT molecular complexity index is 709. The number of carbonyl (C=O) groups excluding carboxylic acids is 1. The fraction of sp³-hybridized carbons (Fsp3) is 0.312. The van der Waals surface area contributed by atoms with Crippen LogP contribution in [-0.2, 0) is 0 Å².